The predicted octanol–water partition coefficient (Wildman–Crippen LogP) is 0.714. The first-order valence-electron chi connectivity index (χ1n) is 3.64. The lowest BCUT2D eigenvalue weighted by Gasteiger charge is -2.07. The van der Waals surface area contributed by atoms with Crippen LogP contribution in [0.2, 0.25) is 0 Å². The van der Waals surface area contributed by atoms with Gasteiger partial charge in [-0.25, -0.2) is 0 Å². The van der Waals surface area contributed by atoms with Crippen molar-refractivity contribution in [3.8, 4) is 0 Å². The van der Waals surface area contributed by atoms with Crippen LogP contribution in [0.3, 0.4) is 0 Å². The Morgan fingerprint density at radius 2 is 2.45 bits per heavy atom. The number of esters is 1. The Morgan fingerprint density at radius 1 is 1.82 bits per heavy atom. The smallest absolute Gasteiger partial charge is 0.307 e. The highest BCUT2D eigenvalue weighted by atomic mass is 16.5. The molecule has 0 rings (SSSR count). The molecule has 3 heteroatoms. The molecule has 1 atom stereocenters. The molecule has 0 saturated heterocycles. The van der Waals surface area contributed by atoms with Crippen molar-refractivity contribution in [1.29, 1.82) is 0 Å². The van der Waals surface area contributed by atoms with Gasteiger partial charge in [0.1, 0.15) is 6.61 Å². The van der Waals surface area contributed by atoms with Gasteiger partial charge in [-0.3, -0.25) is 4.79 Å². The van der Waals surface area contributed by atoms with Gasteiger partial charge in [-0.1, -0.05) is 12.7 Å². The van der Waals surface area contributed by atoms with E-state index in [4.69, 9.17) is 4.74 Å². The van der Waals surface area contributed by atoms with Crippen molar-refractivity contribution in [3.05, 3.63) is 12.7 Å². The Kier molecular flexibility index (Phi) is 5.47. The number of hydrogen-bond donors (Lipinski definition) is 1. The van der Waals surface area contributed by atoms with E-state index in [2.05, 4.69) is 11.9 Å². The molecule has 64 valence electrons. The van der Waals surface area contributed by atoms with Crippen molar-refractivity contribution in [2.75, 3.05) is 13.7 Å². The van der Waals surface area contributed by atoms with E-state index >= 15 is 0 Å². The van der Waals surface area contributed by atoms with E-state index in [-0.39, 0.29) is 12.0 Å². The molecule has 0 spiro atoms. The lowest BCUT2D eigenvalue weighted by Crippen LogP contribution is -2.25. The summed E-state index contributed by atoms with van der Waals surface area (Å²) in [5.41, 5.74) is 0. The molecule has 0 aromatic rings. The highest BCUT2D eigenvalue weighted by Crippen LogP contribution is 1.92. The second kappa shape index (κ2) is 5.92. The maximum Gasteiger partial charge on any atom is 0.307 e. The molecule has 0 aromatic carbocycles. The van der Waals surface area contributed by atoms with E-state index in [1.54, 1.807) is 6.08 Å². The molecule has 0 unspecified atom stereocenters. The maximum atomic E-state index is 10.9. The number of ether oxygens (including phenoxy) is 1. The van der Waals surface area contributed by atoms with Gasteiger partial charge in [-0.05, 0) is 14.0 Å². The third-order valence-corrected chi connectivity index (χ3v) is 1.33. The van der Waals surface area contributed by atoms with Gasteiger partial charge in [-0.15, -0.1) is 0 Å². The molecule has 0 aromatic heterocycles. The van der Waals surface area contributed by atoms with Crippen LogP contribution in [0.25, 0.3) is 0 Å². The zero-order valence-electron chi connectivity index (χ0n) is 7.09. The maximum absolute atomic E-state index is 10.9. The van der Waals surface area contributed by atoms with Crippen molar-refractivity contribution in [1.82, 2.24) is 5.32 Å². The van der Waals surface area contributed by atoms with Crippen molar-refractivity contribution < 1.29 is 9.53 Å². The topological polar surface area (TPSA) is 38.3 Å². The van der Waals surface area contributed by atoms with Gasteiger partial charge in [0, 0.05) is 6.04 Å². The highest BCUT2D eigenvalue weighted by molar-refractivity contribution is 5.70. The SMILES string of the molecule is C=CCOC(=O)C[C@@H](C)NC. The lowest BCUT2D eigenvalue weighted by atomic mass is 10.2. The van der Waals surface area contributed by atoms with Gasteiger partial charge < -0.3 is 10.1 Å². The largest absolute Gasteiger partial charge is 0.461 e. The monoisotopic (exact) mass is 157 g/mol. The number of hydrogen-bond acceptors (Lipinski definition) is 3. The second-order valence-corrected chi connectivity index (χ2v) is 2.37. The molecular weight excluding hydrogens is 142 g/mol. The summed E-state index contributed by atoms with van der Waals surface area (Å²) >= 11 is 0. The number of rotatable bonds is 5. The third-order valence-electron chi connectivity index (χ3n) is 1.33. The lowest BCUT2D eigenvalue weighted by molar-refractivity contribution is -0.142. The quantitative estimate of drug-likeness (QED) is 0.472. The Balaban J connectivity index is 3.43. The van der Waals surface area contributed by atoms with E-state index in [0.717, 1.165) is 0 Å². The van der Waals surface area contributed by atoms with Crippen molar-refractivity contribution in [3.63, 3.8) is 0 Å². The van der Waals surface area contributed by atoms with E-state index in [1.165, 1.54) is 0 Å². The van der Waals surface area contributed by atoms with Gasteiger partial charge in [0.2, 0.25) is 0 Å². The van der Waals surface area contributed by atoms with Crippen LogP contribution in [-0.2, 0) is 9.53 Å². The minimum Gasteiger partial charge on any atom is -0.461 e. The summed E-state index contributed by atoms with van der Waals surface area (Å²) in [7, 11) is 1.81. The Hall–Kier alpha value is -0.830. The minimum atomic E-state index is -0.188. The fraction of sp³-hybridized carbons (Fsp3) is 0.625. The molecule has 0 saturated carbocycles. The molecule has 0 heterocycles. The van der Waals surface area contributed by atoms with Crippen LogP contribution < -0.4 is 5.32 Å². The van der Waals surface area contributed by atoms with E-state index in [0.29, 0.717) is 13.0 Å². The second-order valence-electron chi connectivity index (χ2n) is 2.37. The summed E-state index contributed by atoms with van der Waals surface area (Å²) in [6, 6.07) is 0.173. The molecule has 3 nitrogen and oxygen atoms in total. The molecular formula is C8H15NO2. The van der Waals surface area contributed by atoms with Gasteiger partial charge in [0.25, 0.3) is 0 Å². The minimum absolute atomic E-state index is 0.173. The van der Waals surface area contributed by atoms with E-state index in [9.17, 15) is 4.79 Å². The first-order chi connectivity index (χ1) is 5.20. The highest BCUT2D eigenvalue weighted by Gasteiger charge is 2.06. The molecule has 0 fully saturated rings. The molecule has 0 radical (unpaired) electrons. The summed E-state index contributed by atoms with van der Waals surface area (Å²) in [4.78, 5) is 10.9. The molecule has 0 aliphatic heterocycles. The van der Waals surface area contributed by atoms with Crippen LogP contribution in [0.5, 0.6) is 0 Å². The number of nitrogens with one attached hydrogen (secondary N) is 1. The van der Waals surface area contributed by atoms with Crippen LogP contribution >= 0.6 is 0 Å². The molecule has 0 bridgehead atoms. The van der Waals surface area contributed by atoms with Crippen molar-refractivity contribution in [2.24, 2.45) is 0 Å². The number of carbonyl (C=O) groups excluding carboxylic acids is 1. The average molecular weight is 157 g/mol. The molecule has 0 aliphatic rings. The van der Waals surface area contributed by atoms with Gasteiger partial charge in [0.15, 0.2) is 0 Å². The summed E-state index contributed by atoms with van der Waals surface area (Å²) in [5, 5.41) is 2.95. The molecule has 1 N–H and O–H groups in total. The fourth-order valence-corrected chi connectivity index (χ4v) is 0.563. The van der Waals surface area contributed by atoms with Crippen LogP contribution in [0.1, 0.15) is 13.3 Å². The Morgan fingerprint density at radius 3 is 2.91 bits per heavy atom. The first kappa shape index (κ1) is 10.2. The summed E-state index contributed by atoms with van der Waals surface area (Å²) in [6.07, 6.45) is 1.96. The van der Waals surface area contributed by atoms with Crippen LogP contribution in [-0.4, -0.2) is 25.7 Å². The zero-order valence-corrected chi connectivity index (χ0v) is 7.09. The Labute approximate surface area is 67.4 Å². The van der Waals surface area contributed by atoms with Crippen LogP contribution in [0.15, 0.2) is 12.7 Å². The summed E-state index contributed by atoms with van der Waals surface area (Å²) in [5.74, 6) is -0.188. The van der Waals surface area contributed by atoms with Gasteiger partial charge in [-0.2, -0.15) is 0 Å². The normalized spacial score (nSPS) is 12.2. The van der Waals surface area contributed by atoms with E-state index in [1.807, 2.05) is 14.0 Å². The molecule has 11 heavy (non-hydrogen) atoms. The fourth-order valence-electron chi connectivity index (χ4n) is 0.563. The Bertz CT molecular complexity index is 134. The molecule has 0 amide bonds. The predicted molar refractivity (Wildman–Crippen MR) is 44.3 cm³/mol. The van der Waals surface area contributed by atoms with Gasteiger partial charge in [0.05, 0.1) is 6.42 Å². The van der Waals surface area contributed by atoms with Crippen molar-refractivity contribution in [2.45, 2.75) is 19.4 Å². The van der Waals surface area contributed by atoms with Crippen molar-refractivity contribution >= 4 is 5.97 Å². The standard InChI is InChI=1S/C8H15NO2/c1-4-5-11-8(10)6-7(2)9-3/h4,7,9H,1,5-6H2,2-3H3/t7-/m1/s1. The first-order valence-corrected chi connectivity index (χ1v) is 3.64. The molecule has 0 aliphatic carbocycles. The summed E-state index contributed by atoms with van der Waals surface area (Å²) < 4.78 is 4.77. The number of carbonyl (C=O) groups is 1. The average Bonchev–Trinajstić information content (AvgIpc) is 2.00. The van der Waals surface area contributed by atoms with Crippen LogP contribution in [0.4, 0.5) is 0 Å². The van der Waals surface area contributed by atoms with Gasteiger partial charge >= 0.3 is 5.97 Å². The zero-order chi connectivity index (χ0) is 8.69. The third kappa shape index (κ3) is 5.61. The van der Waals surface area contributed by atoms with Crippen LogP contribution in [0, 0.1) is 0 Å². The van der Waals surface area contributed by atoms with E-state index < -0.39 is 0 Å². The summed E-state index contributed by atoms with van der Waals surface area (Å²) in [6.45, 7) is 5.67.